The molecule has 1 aliphatic rings. The van der Waals surface area contributed by atoms with E-state index in [-0.39, 0.29) is 44.3 Å². The van der Waals surface area contributed by atoms with Gasteiger partial charge in [0.25, 0.3) is 5.91 Å². The third kappa shape index (κ3) is 7.02. The van der Waals surface area contributed by atoms with Gasteiger partial charge in [-0.1, -0.05) is 0 Å². The summed E-state index contributed by atoms with van der Waals surface area (Å²) in [7, 11) is 0. The number of carboxylic acids is 1. The maximum atomic E-state index is 13.8. The number of amides is 2. The summed E-state index contributed by atoms with van der Waals surface area (Å²) in [5.74, 6) is -12.2. The number of carbonyl (C=O) groups is 4. The molecule has 13 heteroatoms. The second kappa shape index (κ2) is 12.3. The first kappa shape index (κ1) is 27.6. The molecule has 2 amide bonds. The number of carboxylic acid groups (broad SMARTS) is 1. The average molecular weight is 525 g/mol. The molecule has 1 saturated heterocycles. The summed E-state index contributed by atoms with van der Waals surface area (Å²) in [6.07, 6.45) is 2.64. The van der Waals surface area contributed by atoms with Crippen molar-refractivity contribution < 1.29 is 46.6 Å². The fourth-order valence-corrected chi connectivity index (χ4v) is 3.81. The van der Waals surface area contributed by atoms with E-state index in [2.05, 4.69) is 15.0 Å². The summed E-state index contributed by atoms with van der Waals surface area (Å²) in [5, 5.41) is 11.4. The third-order valence-corrected chi connectivity index (χ3v) is 5.86. The van der Waals surface area contributed by atoms with Crippen LogP contribution in [-0.4, -0.2) is 64.3 Å². The highest BCUT2D eigenvalue weighted by Gasteiger charge is 2.31. The third-order valence-electron chi connectivity index (χ3n) is 5.86. The van der Waals surface area contributed by atoms with Gasteiger partial charge in [-0.2, -0.15) is 8.78 Å². The van der Waals surface area contributed by atoms with E-state index in [4.69, 9.17) is 5.11 Å². The molecule has 0 saturated carbocycles. The molecule has 37 heavy (non-hydrogen) atoms. The van der Waals surface area contributed by atoms with Gasteiger partial charge in [-0.25, -0.2) is 8.78 Å². The Hall–Kier alpha value is -4.03. The molecular weight excluding hydrogens is 502 g/mol. The van der Waals surface area contributed by atoms with Crippen LogP contribution in [0.15, 0.2) is 30.6 Å². The predicted octanol–water partition coefficient (Wildman–Crippen LogP) is 2.49. The van der Waals surface area contributed by atoms with Crippen molar-refractivity contribution in [2.45, 2.75) is 31.7 Å². The van der Waals surface area contributed by atoms with Crippen molar-refractivity contribution in [3.8, 4) is 5.75 Å². The topological polar surface area (TPSA) is 126 Å². The predicted molar refractivity (Wildman–Crippen MR) is 118 cm³/mol. The van der Waals surface area contributed by atoms with Crippen LogP contribution < -0.4 is 10.1 Å². The minimum Gasteiger partial charge on any atom is -0.481 e. The lowest BCUT2D eigenvalue weighted by molar-refractivity contribution is -0.138. The molecule has 0 bridgehead atoms. The molecule has 0 aliphatic carbocycles. The van der Waals surface area contributed by atoms with Crippen molar-refractivity contribution in [2.75, 3.05) is 19.7 Å². The second-order valence-electron chi connectivity index (χ2n) is 8.35. The molecule has 3 rings (SSSR count). The molecule has 9 nitrogen and oxygen atoms in total. The van der Waals surface area contributed by atoms with Crippen LogP contribution in [0.1, 0.15) is 36.0 Å². The number of aliphatic carboxylic acids is 1. The van der Waals surface area contributed by atoms with E-state index in [1.165, 1.54) is 12.4 Å². The lowest BCUT2D eigenvalue weighted by Gasteiger charge is -2.32. The van der Waals surface area contributed by atoms with Gasteiger partial charge in [0.15, 0.2) is 23.2 Å². The monoisotopic (exact) mass is 525 g/mol. The molecule has 1 fully saturated rings. The number of hydrogen-bond donors (Lipinski definition) is 2. The number of likely N-dealkylation sites (tertiary alicyclic amines) is 1. The zero-order valence-electron chi connectivity index (χ0n) is 19.4. The normalized spacial score (nSPS) is 14.6. The van der Waals surface area contributed by atoms with Gasteiger partial charge in [0, 0.05) is 49.5 Å². The number of nitrogens with zero attached hydrogens (tertiary/aromatic N) is 2. The number of Topliss-reactive ketones (excluding diaryl/α,β-unsaturated/α-hetero) is 1. The van der Waals surface area contributed by atoms with Crippen LogP contribution in [0, 0.1) is 29.2 Å². The summed E-state index contributed by atoms with van der Waals surface area (Å²) in [5.41, 5.74) is 0.447. The zero-order valence-corrected chi connectivity index (χ0v) is 19.4. The summed E-state index contributed by atoms with van der Waals surface area (Å²) >= 11 is 0. The molecule has 0 radical (unpaired) electrons. The number of pyridine rings is 1. The van der Waals surface area contributed by atoms with Gasteiger partial charge in [0.1, 0.15) is 6.61 Å². The lowest BCUT2D eigenvalue weighted by atomic mass is 9.94. The van der Waals surface area contributed by atoms with Gasteiger partial charge in [-0.3, -0.25) is 24.2 Å². The van der Waals surface area contributed by atoms with Gasteiger partial charge < -0.3 is 20.1 Å². The standard InChI is InChI=1S/C24H23F4N3O6/c25-15-11-16(26)21(28)22(20(15)27)37-12-18(32)17(1-2-19(33)34)30-23(35)13-5-9-31(10-6-13)24(36)14-3-7-29-8-4-14/h3-4,7-8,11,13,17H,1-2,5-6,9-10,12H2,(H,30,35)(H,33,34)/t17-/m0/s1. The Balaban J connectivity index is 1.61. The summed E-state index contributed by atoms with van der Waals surface area (Å²) in [6, 6.07) is 1.71. The van der Waals surface area contributed by atoms with E-state index in [0.29, 0.717) is 5.56 Å². The number of benzene rings is 1. The van der Waals surface area contributed by atoms with E-state index >= 15 is 0 Å². The minimum atomic E-state index is -1.84. The number of aromatic nitrogens is 1. The van der Waals surface area contributed by atoms with Crippen molar-refractivity contribution in [1.82, 2.24) is 15.2 Å². The fourth-order valence-electron chi connectivity index (χ4n) is 3.81. The Bertz CT molecular complexity index is 1150. The number of halogens is 4. The Kier molecular flexibility index (Phi) is 9.15. The molecular formula is C24H23F4N3O6. The quantitative estimate of drug-likeness (QED) is 0.361. The van der Waals surface area contributed by atoms with Crippen LogP contribution in [-0.2, 0) is 14.4 Å². The maximum Gasteiger partial charge on any atom is 0.303 e. The van der Waals surface area contributed by atoms with Crippen LogP contribution in [0.3, 0.4) is 0 Å². The summed E-state index contributed by atoms with van der Waals surface area (Å²) in [4.78, 5) is 54.4. The van der Waals surface area contributed by atoms with Gasteiger partial charge in [0.2, 0.25) is 17.5 Å². The highest BCUT2D eigenvalue weighted by atomic mass is 19.2. The highest BCUT2D eigenvalue weighted by molar-refractivity contribution is 5.94. The molecule has 2 N–H and O–H groups in total. The number of ether oxygens (including phenoxy) is 1. The molecule has 0 unspecified atom stereocenters. The first-order valence-electron chi connectivity index (χ1n) is 11.3. The van der Waals surface area contributed by atoms with Crippen molar-refractivity contribution in [2.24, 2.45) is 5.92 Å². The van der Waals surface area contributed by atoms with Gasteiger partial charge in [0.05, 0.1) is 6.04 Å². The Labute approximate surface area is 208 Å². The van der Waals surface area contributed by atoms with Crippen LogP contribution in [0.4, 0.5) is 17.6 Å². The van der Waals surface area contributed by atoms with Crippen molar-refractivity contribution in [3.05, 3.63) is 59.4 Å². The maximum absolute atomic E-state index is 13.8. The van der Waals surface area contributed by atoms with E-state index in [0.717, 1.165) is 0 Å². The number of piperidine rings is 1. The van der Waals surface area contributed by atoms with Crippen LogP contribution in [0.2, 0.25) is 0 Å². The molecule has 1 aliphatic heterocycles. The molecule has 2 heterocycles. The first-order chi connectivity index (χ1) is 17.6. The van der Waals surface area contributed by atoms with E-state index < -0.39 is 71.7 Å². The molecule has 1 aromatic heterocycles. The minimum absolute atomic E-state index is 0.0227. The second-order valence-corrected chi connectivity index (χ2v) is 8.35. The fraction of sp³-hybridized carbons (Fsp3) is 0.375. The number of ketones is 1. The lowest BCUT2D eigenvalue weighted by Crippen LogP contribution is -2.48. The Morgan fingerprint density at radius 1 is 1.05 bits per heavy atom. The van der Waals surface area contributed by atoms with Gasteiger partial charge in [-0.05, 0) is 31.4 Å². The number of nitrogens with one attached hydrogen (secondary N) is 1. The average Bonchev–Trinajstić information content (AvgIpc) is 2.89. The van der Waals surface area contributed by atoms with Crippen LogP contribution in [0.25, 0.3) is 0 Å². The molecule has 0 spiro atoms. The number of rotatable bonds is 10. The van der Waals surface area contributed by atoms with Gasteiger partial charge in [-0.15, -0.1) is 0 Å². The number of hydrogen-bond acceptors (Lipinski definition) is 6. The van der Waals surface area contributed by atoms with Crippen molar-refractivity contribution >= 4 is 23.6 Å². The molecule has 1 aromatic carbocycles. The summed E-state index contributed by atoms with van der Waals surface area (Å²) < 4.78 is 59.0. The van der Waals surface area contributed by atoms with E-state index in [1.54, 1.807) is 17.0 Å². The van der Waals surface area contributed by atoms with Crippen LogP contribution >= 0.6 is 0 Å². The van der Waals surface area contributed by atoms with E-state index in [9.17, 15) is 36.7 Å². The Morgan fingerprint density at radius 2 is 1.65 bits per heavy atom. The van der Waals surface area contributed by atoms with Crippen molar-refractivity contribution in [3.63, 3.8) is 0 Å². The zero-order chi connectivity index (χ0) is 27.1. The SMILES string of the molecule is O=C(O)CC[C@H](NC(=O)C1CCN(C(=O)c2ccncc2)CC1)C(=O)COc1c(F)c(F)cc(F)c1F. The summed E-state index contributed by atoms with van der Waals surface area (Å²) in [6.45, 7) is -0.556. The van der Waals surface area contributed by atoms with Crippen molar-refractivity contribution in [1.29, 1.82) is 0 Å². The number of carbonyl (C=O) groups excluding carboxylic acids is 3. The van der Waals surface area contributed by atoms with E-state index in [1.807, 2.05) is 0 Å². The highest BCUT2D eigenvalue weighted by Crippen LogP contribution is 2.26. The van der Waals surface area contributed by atoms with Crippen LogP contribution in [0.5, 0.6) is 5.75 Å². The molecule has 1 atom stereocenters. The first-order valence-corrected chi connectivity index (χ1v) is 11.3. The largest absolute Gasteiger partial charge is 0.481 e. The molecule has 198 valence electrons. The Morgan fingerprint density at radius 3 is 2.22 bits per heavy atom. The van der Waals surface area contributed by atoms with Gasteiger partial charge >= 0.3 is 5.97 Å². The molecule has 2 aromatic rings. The smallest absolute Gasteiger partial charge is 0.303 e.